The molecule has 0 saturated carbocycles. The zero-order valence-electron chi connectivity index (χ0n) is 25.7. The fourth-order valence-electron chi connectivity index (χ4n) is 7.83. The van der Waals surface area contributed by atoms with E-state index in [1.165, 1.54) is 28.1 Å². The third kappa shape index (κ3) is 4.23. The summed E-state index contributed by atoms with van der Waals surface area (Å²) in [6.07, 6.45) is -1.87. The first-order chi connectivity index (χ1) is 20.5. The van der Waals surface area contributed by atoms with Crippen molar-refractivity contribution in [3.8, 4) is 34.1 Å². The number of hydrogen-bond acceptors (Lipinski definition) is 10. The molecular weight excluding hydrogens is 568 g/mol. The van der Waals surface area contributed by atoms with Crippen LogP contribution >= 0.6 is 0 Å². The molecule has 3 aliphatic carbocycles. The summed E-state index contributed by atoms with van der Waals surface area (Å²) in [7, 11) is 2.94. The lowest BCUT2D eigenvalue weighted by molar-refractivity contribution is -0.0176. The summed E-state index contributed by atoms with van der Waals surface area (Å²) in [5.41, 5.74) is -0.435. The van der Waals surface area contributed by atoms with Gasteiger partial charge in [-0.15, -0.1) is 0 Å². The average Bonchev–Trinajstić information content (AvgIpc) is 2.90. The number of carbonyl (C=O) groups is 2. The Hall–Kier alpha value is -3.70. The maximum Gasteiger partial charge on any atom is 0.169 e. The lowest BCUT2D eigenvalue weighted by atomic mass is 9.69. The molecule has 5 unspecified atom stereocenters. The van der Waals surface area contributed by atoms with Crippen LogP contribution in [0.3, 0.4) is 0 Å². The fraction of sp³-hybridized carbons (Fsp3) is 0.471. The number of aliphatic hydroxyl groups excluding tert-OH is 1. The van der Waals surface area contributed by atoms with E-state index in [0.29, 0.717) is 27.8 Å². The molecular formula is C34H38O10. The highest BCUT2D eigenvalue weighted by Gasteiger charge is 2.45. The molecule has 3 aliphatic rings. The summed E-state index contributed by atoms with van der Waals surface area (Å²) in [4.78, 5) is 26.7. The van der Waals surface area contributed by atoms with Crippen LogP contribution in [-0.4, -0.2) is 73.7 Å². The number of phenolic OH excluding ortho intramolecular Hbond substituents is 3. The van der Waals surface area contributed by atoms with Gasteiger partial charge >= 0.3 is 0 Å². The van der Waals surface area contributed by atoms with Crippen molar-refractivity contribution in [2.45, 2.75) is 83.2 Å². The maximum atomic E-state index is 13.6. The minimum Gasteiger partial charge on any atom is -0.507 e. The molecule has 0 heterocycles. The Morgan fingerprint density at radius 2 is 1.43 bits per heavy atom. The van der Waals surface area contributed by atoms with Crippen molar-refractivity contribution in [3.63, 3.8) is 0 Å². The normalized spacial score (nSPS) is 28.1. The molecule has 0 bridgehead atoms. The lowest BCUT2D eigenvalue weighted by Gasteiger charge is -2.40. The Kier molecular flexibility index (Phi) is 6.83. The molecule has 234 valence electrons. The number of carbonyl (C=O) groups excluding carboxylic acids is 2. The third-order valence-electron chi connectivity index (χ3n) is 9.85. The van der Waals surface area contributed by atoms with Crippen molar-refractivity contribution in [1.82, 2.24) is 0 Å². The molecule has 0 aliphatic heterocycles. The second kappa shape index (κ2) is 9.90. The smallest absolute Gasteiger partial charge is 0.169 e. The number of phenols is 3. The number of aliphatic hydroxyl groups is 3. The standard InChI is InChI=1S/C34H38O10/c1-13-21(43-5)8-17-23(18-10-34(4,42)12-20(36)24(18)31(40)27(17)28(13)37)25-16-7-15-9-33(3,41)11-19(35)22(15)30(39)26(16)29(38)14(2)32(25)44-6/h7,13,21,28,37-42H,8-12H2,1-6H3. The second-order valence-electron chi connectivity index (χ2n) is 13.4. The van der Waals surface area contributed by atoms with E-state index in [-0.39, 0.29) is 82.4 Å². The molecule has 0 radical (unpaired) electrons. The maximum absolute atomic E-state index is 13.6. The van der Waals surface area contributed by atoms with Gasteiger partial charge in [-0.25, -0.2) is 0 Å². The molecule has 10 nitrogen and oxygen atoms in total. The Morgan fingerprint density at radius 1 is 0.818 bits per heavy atom. The molecule has 0 saturated heterocycles. The van der Waals surface area contributed by atoms with E-state index < -0.39 is 46.6 Å². The summed E-state index contributed by atoms with van der Waals surface area (Å²) in [5.74, 6) is -2.27. The van der Waals surface area contributed by atoms with Crippen molar-refractivity contribution in [3.05, 3.63) is 45.0 Å². The number of fused-ring (bicyclic) bond motifs is 4. The zero-order chi connectivity index (χ0) is 32.2. The van der Waals surface area contributed by atoms with Crippen LogP contribution in [0, 0.1) is 12.8 Å². The van der Waals surface area contributed by atoms with Crippen LogP contribution in [0.15, 0.2) is 6.07 Å². The van der Waals surface area contributed by atoms with E-state index in [9.17, 15) is 40.2 Å². The minimum atomic E-state index is -1.46. The van der Waals surface area contributed by atoms with Crippen molar-refractivity contribution in [2.24, 2.45) is 5.92 Å². The summed E-state index contributed by atoms with van der Waals surface area (Å²) in [5, 5.41) is 68.5. The van der Waals surface area contributed by atoms with Gasteiger partial charge in [0.15, 0.2) is 11.6 Å². The van der Waals surface area contributed by atoms with Crippen LogP contribution in [-0.2, 0) is 24.0 Å². The van der Waals surface area contributed by atoms with Gasteiger partial charge in [0.05, 0.1) is 47.0 Å². The van der Waals surface area contributed by atoms with Crippen LogP contribution in [0.5, 0.6) is 23.0 Å². The Balaban J connectivity index is 1.85. The van der Waals surface area contributed by atoms with E-state index in [1.54, 1.807) is 19.9 Å². The topological polar surface area (TPSA) is 174 Å². The summed E-state index contributed by atoms with van der Waals surface area (Å²) < 4.78 is 11.6. The highest BCUT2D eigenvalue weighted by molar-refractivity contribution is 6.15. The van der Waals surface area contributed by atoms with Crippen LogP contribution in [0.1, 0.15) is 88.3 Å². The molecule has 0 fully saturated rings. The molecule has 44 heavy (non-hydrogen) atoms. The van der Waals surface area contributed by atoms with E-state index in [0.717, 1.165) is 0 Å². The van der Waals surface area contributed by atoms with Crippen LogP contribution in [0.2, 0.25) is 0 Å². The zero-order valence-corrected chi connectivity index (χ0v) is 25.7. The van der Waals surface area contributed by atoms with Gasteiger partial charge < -0.3 is 40.1 Å². The van der Waals surface area contributed by atoms with Crippen molar-refractivity contribution >= 4 is 22.3 Å². The molecule has 0 amide bonds. The van der Waals surface area contributed by atoms with Crippen LogP contribution in [0.4, 0.5) is 0 Å². The lowest BCUT2D eigenvalue weighted by Crippen LogP contribution is -2.38. The van der Waals surface area contributed by atoms with Gasteiger partial charge in [0, 0.05) is 67.2 Å². The van der Waals surface area contributed by atoms with Crippen molar-refractivity contribution in [1.29, 1.82) is 0 Å². The third-order valence-corrected chi connectivity index (χ3v) is 9.85. The van der Waals surface area contributed by atoms with Gasteiger partial charge in [0.25, 0.3) is 0 Å². The number of ether oxygens (including phenoxy) is 2. The molecule has 6 N–H and O–H groups in total. The molecule has 0 aromatic heterocycles. The van der Waals surface area contributed by atoms with E-state index in [4.69, 9.17) is 9.47 Å². The van der Waals surface area contributed by atoms with Crippen LogP contribution < -0.4 is 4.74 Å². The summed E-state index contributed by atoms with van der Waals surface area (Å²) >= 11 is 0. The number of hydrogen-bond donors (Lipinski definition) is 6. The van der Waals surface area contributed by atoms with Crippen molar-refractivity contribution in [2.75, 3.05) is 14.2 Å². The molecule has 6 rings (SSSR count). The molecule has 0 spiro atoms. The van der Waals surface area contributed by atoms with Crippen molar-refractivity contribution < 1.29 is 49.7 Å². The number of methoxy groups -OCH3 is 2. The van der Waals surface area contributed by atoms with Crippen LogP contribution in [0.25, 0.3) is 21.9 Å². The van der Waals surface area contributed by atoms with Gasteiger partial charge in [0.1, 0.15) is 23.0 Å². The predicted molar refractivity (Wildman–Crippen MR) is 161 cm³/mol. The van der Waals surface area contributed by atoms with Gasteiger partial charge in [-0.1, -0.05) is 6.92 Å². The highest BCUT2D eigenvalue weighted by Crippen LogP contribution is 2.57. The Labute approximate surface area is 254 Å². The van der Waals surface area contributed by atoms with E-state index in [2.05, 4.69) is 0 Å². The Morgan fingerprint density at radius 3 is 2.05 bits per heavy atom. The quantitative estimate of drug-likeness (QED) is 0.256. The number of aromatic hydroxyl groups is 3. The fourth-order valence-corrected chi connectivity index (χ4v) is 7.83. The van der Waals surface area contributed by atoms with Gasteiger partial charge in [-0.3, -0.25) is 9.59 Å². The first kappa shape index (κ1) is 30.3. The molecule has 10 heteroatoms. The minimum absolute atomic E-state index is 0.00591. The predicted octanol–water partition coefficient (Wildman–Crippen LogP) is 3.94. The van der Waals surface area contributed by atoms with E-state index in [1.807, 2.05) is 0 Å². The van der Waals surface area contributed by atoms with Gasteiger partial charge in [0.2, 0.25) is 0 Å². The average molecular weight is 607 g/mol. The molecule has 5 atom stereocenters. The number of Topliss-reactive ketones (excluding diaryl/α,β-unsaturated/α-hetero) is 2. The summed E-state index contributed by atoms with van der Waals surface area (Å²) in [6.45, 7) is 6.46. The largest absolute Gasteiger partial charge is 0.507 e. The number of rotatable bonds is 3. The first-order valence-corrected chi connectivity index (χ1v) is 14.7. The Bertz CT molecular complexity index is 1780. The molecule has 3 aromatic carbocycles. The number of ketones is 2. The van der Waals surface area contributed by atoms with E-state index >= 15 is 0 Å². The monoisotopic (exact) mass is 606 g/mol. The second-order valence-corrected chi connectivity index (χ2v) is 13.4. The highest BCUT2D eigenvalue weighted by atomic mass is 16.5. The SMILES string of the molecule is COc1c(C)c(O)c2c(O)c3c(cc2c1-c1c2c(c(O)c4c1CC(OC)C(C)C4O)C(=O)CC(C)(O)C2)CC(C)(O)CC3=O. The number of benzene rings is 3. The summed E-state index contributed by atoms with van der Waals surface area (Å²) in [6, 6.07) is 1.64. The first-order valence-electron chi connectivity index (χ1n) is 14.7. The van der Waals surface area contributed by atoms with Gasteiger partial charge in [-0.05, 0) is 49.1 Å². The van der Waals surface area contributed by atoms with Gasteiger partial charge in [-0.2, -0.15) is 0 Å². The molecule has 3 aromatic rings.